The third-order valence-corrected chi connectivity index (χ3v) is 3.95. The molecule has 0 aromatic carbocycles. The second-order valence-electron chi connectivity index (χ2n) is 5.62. The molecule has 2 aromatic heterocycles. The lowest BCUT2D eigenvalue weighted by atomic mass is 9.93. The highest BCUT2D eigenvalue weighted by atomic mass is 16.3. The summed E-state index contributed by atoms with van der Waals surface area (Å²) in [6.07, 6.45) is 12.2. The molecule has 1 unspecified atom stereocenters. The van der Waals surface area contributed by atoms with E-state index in [1.54, 1.807) is 12.5 Å². The molecule has 0 fully saturated rings. The molecule has 0 radical (unpaired) electrons. The second-order valence-corrected chi connectivity index (χ2v) is 5.62. The summed E-state index contributed by atoms with van der Waals surface area (Å²) in [5.41, 5.74) is 1.04. The first-order valence-corrected chi connectivity index (χ1v) is 7.68. The van der Waals surface area contributed by atoms with Crippen LogP contribution in [0.2, 0.25) is 0 Å². The van der Waals surface area contributed by atoms with Gasteiger partial charge in [-0.05, 0) is 43.0 Å². The zero-order valence-corrected chi connectivity index (χ0v) is 12.5. The van der Waals surface area contributed by atoms with Gasteiger partial charge in [0.1, 0.15) is 5.76 Å². The molecule has 114 valence electrons. The number of nitrogens with zero attached hydrogens (tertiary/aromatic N) is 2. The van der Waals surface area contributed by atoms with E-state index >= 15 is 0 Å². The number of pyridine rings is 1. The van der Waals surface area contributed by atoms with Gasteiger partial charge < -0.3 is 9.32 Å². The molecule has 2 heterocycles. The minimum absolute atomic E-state index is 0.0802. The molecule has 0 spiro atoms. The second kappa shape index (κ2) is 7.07. The largest absolute Gasteiger partial charge is 0.467 e. The Kier molecular flexibility index (Phi) is 4.68. The summed E-state index contributed by atoms with van der Waals surface area (Å²) in [6, 6.07) is 7.65. The summed E-state index contributed by atoms with van der Waals surface area (Å²) in [5, 5.41) is 0. The van der Waals surface area contributed by atoms with E-state index in [1.165, 1.54) is 0 Å². The van der Waals surface area contributed by atoms with Crippen LogP contribution in [0.15, 0.2) is 59.5 Å². The fourth-order valence-corrected chi connectivity index (χ4v) is 2.79. The molecule has 4 nitrogen and oxygen atoms in total. The Morgan fingerprint density at radius 1 is 1.27 bits per heavy atom. The van der Waals surface area contributed by atoms with Crippen LogP contribution in [0.25, 0.3) is 0 Å². The molecule has 2 aromatic rings. The van der Waals surface area contributed by atoms with Crippen LogP contribution >= 0.6 is 0 Å². The Bertz CT molecular complexity index is 620. The molecule has 22 heavy (non-hydrogen) atoms. The number of carbonyl (C=O) groups is 1. The Balaban J connectivity index is 1.75. The van der Waals surface area contributed by atoms with E-state index in [1.807, 2.05) is 35.4 Å². The van der Waals surface area contributed by atoms with E-state index in [0.717, 1.165) is 30.6 Å². The fourth-order valence-electron chi connectivity index (χ4n) is 2.79. The predicted molar refractivity (Wildman–Crippen MR) is 83.7 cm³/mol. The minimum Gasteiger partial charge on any atom is -0.467 e. The van der Waals surface area contributed by atoms with Crippen molar-refractivity contribution in [3.05, 3.63) is 66.4 Å². The first-order valence-electron chi connectivity index (χ1n) is 7.68. The normalized spacial score (nSPS) is 17.4. The van der Waals surface area contributed by atoms with E-state index in [0.29, 0.717) is 13.1 Å². The van der Waals surface area contributed by atoms with Gasteiger partial charge in [-0.3, -0.25) is 9.78 Å². The molecule has 0 aliphatic heterocycles. The Labute approximate surface area is 130 Å². The maximum atomic E-state index is 12.9. The molecule has 0 saturated carbocycles. The van der Waals surface area contributed by atoms with Crippen molar-refractivity contribution in [3.8, 4) is 0 Å². The fraction of sp³-hybridized carbons (Fsp3) is 0.333. The van der Waals surface area contributed by atoms with Crippen molar-refractivity contribution in [2.45, 2.75) is 32.4 Å². The molecule has 0 saturated heterocycles. The van der Waals surface area contributed by atoms with Crippen molar-refractivity contribution in [1.29, 1.82) is 0 Å². The summed E-state index contributed by atoms with van der Waals surface area (Å²) >= 11 is 0. The molecular weight excluding hydrogens is 276 g/mol. The maximum Gasteiger partial charge on any atom is 0.226 e. The highest BCUT2D eigenvalue weighted by Gasteiger charge is 2.25. The van der Waals surface area contributed by atoms with E-state index < -0.39 is 0 Å². The number of hydrogen-bond donors (Lipinski definition) is 0. The molecule has 1 atom stereocenters. The third kappa shape index (κ3) is 3.64. The van der Waals surface area contributed by atoms with Gasteiger partial charge in [-0.1, -0.05) is 18.2 Å². The lowest BCUT2D eigenvalue weighted by Crippen LogP contribution is -2.35. The molecule has 1 aliphatic carbocycles. The Morgan fingerprint density at radius 2 is 2.23 bits per heavy atom. The quantitative estimate of drug-likeness (QED) is 0.793. The smallest absolute Gasteiger partial charge is 0.226 e. The standard InChI is InChI=1S/C18H20N2O2/c21-18(16-7-2-1-3-8-16)20(14-17-9-5-11-22-17)13-15-6-4-10-19-12-15/h1-2,4-6,9-12,16H,3,7-8,13-14H2. The number of amides is 1. The summed E-state index contributed by atoms with van der Waals surface area (Å²) < 4.78 is 5.42. The van der Waals surface area contributed by atoms with Crippen molar-refractivity contribution in [2.24, 2.45) is 5.92 Å². The van der Waals surface area contributed by atoms with Gasteiger partial charge in [-0.25, -0.2) is 0 Å². The van der Waals surface area contributed by atoms with Gasteiger partial charge in [-0.2, -0.15) is 0 Å². The van der Waals surface area contributed by atoms with Gasteiger partial charge in [-0.15, -0.1) is 0 Å². The van der Waals surface area contributed by atoms with Crippen LogP contribution in [0, 0.1) is 5.92 Å². The Morgan fingerprint density at radius 3 is 2.91 bits per heavy atom. The number of allylic oxidation sites excluding steroid dienone is 2. The highest BCUT2D eigenvalue weighted by Crippen LogP contribution is 2.23. The molecule has 4 heteroatoms. The summed E-state index contributed by atoms with van der Waals surface area (Å²) in [7, 11) is 0. The van der Waals surface area contributed by atoms with Crippen molar-refractivity contribution >= 4 is 5.91 Å². The van der Waals surface area contributed by atoms with Crippen molar-refractivity contribution in [3.63, 3.8) is 0 Å². The molecular formula is C18H20N2O2. The number of hydrogen-bond acceptors (Lipinski definition) is 3. The van der Waals surface area contributed by atoms with E-state index in [2.05, 4.69) is 17.1 Å². The average molecular weight is 296 g/mol. The highest BCUT2D eigenvalue weighted by molar-refractivity contribution is 5.79. The van der Waals surface area contributed by atoms with E-state index in [-0.39, 0.29) is 11.8 Å². The first kappa shape index (κ1) is 14.6. The topological polar surface area (TPSA) is 46.3 Å². The summed E-state index contributed by atoms with van der Waals surface area (Å²) in [4.78, 5) is 18.9. The number of carbonyl (C=O) groups excluding carboxylic acids is 1. The van der Waals surface area contributed by atoms with Crippen LogP contribution < -0.4 is 0 Å². The zero-order chi connectivity index (χ0) is 15.2. The van der Waals surface area contributed by atoms with Crippen LogP contribution in [0.5, 0.6) is 0 Å². The lowest BCUT2D eigenvalue weighted by Gasteiger charge is -2.27. The Hall–Kier alpha value is -2.36. The first-order chi connectivity index (χ1) is 10.8. The van der Waals surface area contributed by atoms with Gasteiger partial charge in [0, 0.05) is 24.9 Å². The van der Waals surface area contributed by atoms with Gasteiger partial charge in [0.05, 0.1) is 12.8 Å². The number of furan rings is 1. The van der Waals surface area contributed by atoms with E-state index in [4.69, 9.17) is 4.42 Å². The van der Waals surface area contributed by atoms with Gasteiger partial charge in [0.15, 0.2) is 0 Å². The zero-order valence-electron chi connectivity index (χ0n) is 12.5. The molecule has 1 aliphatic rings. The van der Waals surface area contributed by atoms with Crippen molar-refractivity contribution in [1.82, 2.24) is 9.88 Å². The molecule has 1 amide bonds. The maximum absolute atomic E-state index is 12.9. The van der Waals surface area contributed by atoms with Gasteiger partial charge in [0.25, 0.3) is 0 Å². The third-order valence-electron chi connectivity index (χ3n) is 3.95. The van der Waals surface area contributed by atoms with E-state index in [9.17, 15) is 4.79 Å². The molecule has 0 N–H and O–H groups in total. The van der Waals surface area contributed by atoms with Crippen LogP contribution in [-0.4, -0.2) is 15.8 Å². The van der Waals surface area contributed by atoms with Crippen LogP contribution in [0.1, 0.15) is 30.6 Å². The lowest BCUT2D eigenvalue weighted by molar-refractivity contribution is -0.137. The summed E-state index contributed by atoms with van der Waals surface area (Å²) in [5.74, 6) is 1.09. The number of aromatic nitrogens is 1. The predicted octanol–water partition coefficient (Wildman–Crippen LogP) is 3.56. The van der Waals surface area contributed by atoms with Crippen LogP contribution in [-0.2, 0) is 17.9 Å². The van der Waals surface area contributed by atoms with Crippen molar-refractivity contribution in [2.75, 3.05) is 0 Å². The number of rotatable bonds is 5. The molecule has 3 rings (SSSR count). The average Bonchev–Trinajstić information content (AvgIpc) is 3.08. The van der Waals surface area contributed by atoms with Gasteiger partial charge >= 0.3 is 0 Å². The summed E-state index contributed by atoms with van der Waals surface area (Å²) in [6.45, 7) is 1.06. The minimum atomic E-state index is 0.0802. The van der Waals surface area contributed by atoms with Crippen LogP contribution in [0.4, 0.5) is 0 Å². The van der Waals surface area contributed by atoms with Crippen LogP contribution in [0.3, 0.4) is 0 Å². The monoisotopic (exact) mass is 296 g/mol. The SMILES string of the molecule is O=C(C1CC=CCC1)N(Cc1cccnc1)Cc1ccco1. The molecule has 0 bridgehead atoms. The van der Waals surface area contributed by atoms with Gasteiger partial charge in [0.2, 0.25) is 5.91 Å². The van der Waals surface area contributed by atoms with Crippen molar-refractivity contribution < 1.29 is 9.21 Å².